The molecule has 4 rings (SSSR count). The smallest absolute Gasteiger partial charge is 0.227 e. The van der Waals surface area contributed by atoms with Crippen molar-refractivity contribution >= 4 is 28.6 Å². The number of aliphatic hydroxyl groups is 1. The molecule has 32 heavy (non-hydrogen) atoms. The van der Waals surface area contributed by atoms with Crippen molar-refractivity contribution in [1.29, 1.82) is 0 Å². The number of nitrogens with two attached hydrogens (primary N) is 1. The number of benzene rings is 1. The molecule has 0 spiro atoms. The van der Waals surface area contributed by atoms with Crippen LogP contribution in [-0.2, 0) is 6.54 Å². The number of methoxy groups -OCH3 is 1. The molecule has 9 nitrogen and oxygen atoms in total. The molecule has 172 valence electrons. The summed E-state index contributed by atoms with van der Waals surface area (Å²) in [6.07, 6.45) is 8.66. The number of ether oxygens (including phenoxy) is 1. The van der Waals surface area contributed by atoms with Gasteiger partial charge in [0.1, 0.15) is 5.75 Å². The Balaban J connectivity index is 1.68. The first-order valence-corrected chi connectivity index (χ1v) is 11.4. The lowest BCUT2D eigenvalue weighted by Gasteiger charge is -2.23. The second kappa shape index (κ2) is 10.0. The molecule has 9 heteroatoms. The molecule has 0 aliphatic heterocycles. The molecule has 3 aromatic rings. The van der Waals surface area contributed by atoms with Gasteiger partial charge < -0.3 is 30.8 Å². The zero-order valence-electron chi connectivity index (χ0n) is 18.8. The van der Waals surface area contributed by atoms with Gasteiger partial charge in [0.05, 0.1) is 26.1 Å². The standard InChI is InChI=1S/C23H33N7O2/c1-3-16(13-31)27-23-28-21(25-12-15-11-18(32-2)9-10-19(15)24)20-22(29-23)30(14-26-20)17-7-5-4-6-8-17/h9-11,14,16-17,31H,3-8,12-13,24H2,1-2H3,(H2,25,27,28,29). The van der Waals surface area contributed by atoms with Crippen molar-refractivity contribution in [2.75, 3.05) is 30.1 Å². The van der Waals surface area contributed by atoms with Gasteiger partial charge in [0.25, 0.3) is 0 Å². The van der Waals surface area contributed by atoms with Gasteiger partial charge in [-0.2, -0.15) is 9.97 Å². The van der Waals surface area contributed by atoms with Crippen molar-refractivity contribution in [2.24, 2.45) is 0 Å². The van der Waals surface area contributed by atoms with Crippen molar-refractivity contribution in [1.82, 2.24) is 19.5 Å². The summed E-state index contributed by atoms with van der Waals surface area (Å²) in [6, 6.07) is 5.89. The van der Waals surface area contributed by atoms with Gasteiger partial charge >= 0.3 is 0 Å². The normalized spacial score (nSPS) is 15.6. The SMILES string of the molecule is CCC(CO)Nc1nc(NCc2cc(OC)ccc2N)c2ncn(C3CCCCC3)c2n1. The number of nitrogens with one attached hydrogen (secondary N) is 2. The summed E-state index contributed by atoms with van der Waals surface area (Å²) in [5.41, 5.74) is 9.31. The van der Waals surface area contributed by atoms with E-state index in [0.717, 1.165) is 41.7 Å². The van der Waals surface area contributed by atoms with Gasteiger partial charge in [0.2, 0.25) is 5.95 Å². The Kier molecular flexibility index (Phi) is 6.94. The van der Waals surface area contributed by atoms with E-state index in [0.29, 0.717) is 30.0 Å². The van der Waals surface area contributed by atoms with Crippen LogP contribution < -0.4 is 21.1 Å². The highest BCUT2D eigenvalue weighted by molar-refractivity contribution is 5.84. The van der Waals surface area contributed by atoms with Gasteiger partial charge in [-0.25, -0.2) is 4.98 Å². The van der Waals surface area contributed by atoms with E-state index in [2.05, 4.69) is 20.2 Å². The van der Waals surface area contributed by atoms with E-state index >= 15 is 0 Å². The molecule has 0 bridgehead atoms. The van der Waals surface area contributed by atoms with Crippen LogP contribution in [-0.4, -0.2) is 44.4 Å². The van der Waals surface area contributed by atoms with Crippen molar-refractivity contribution < 1.29 is 9.84 Å². The Morgan fingerprint density at radius 1 is 1.25 bits per heavy atom. The maximum absolute atomic E-state index is 9.64. The van der Waals surface area contributed by atoms with Gasteiger partial charge in [-0.1, -0.05) is 26.2 Å². The molecular weight excluding hydrogens is 406 g/mol. The van der Waals surface area contributed by atoms with Crippen LogP contribution in [0.3, 0.4) is 0 Å². The Hall–Kier alpha value is -3.07. The van der Waals surface area contributed by atoms with E-state index in [9.17, 15) is 5.11 Å². The lowest BCUT2D eigenvalue weighted by atomic mass is 9.95. The third kappa shape index (κ3) is 4.72. The molecule has 2 heterocycles. The van der Waals surface area contributed by atoms with Crippen LogP contribution >= 0.6 is 0 Å². The van der Waals surface area contributed by atoms with E-state index < -0.39 is 0 Å². The van der Waals surface area contributed by atoms with Gasteiger partial charge in [0, 0.05) is 18.3 Å². The van der Waals surface area contributed by atoms with Crippen LogP contribution in [0.5, 0.6) is 5.75 Å². The van der Waals surface area contributed by atoms with Crippen LogP contribution in [0.2, 0.25) is 0 Å². The first kappa shape index (κ1) is 22.1. The van der Waals surface area contributed by atoms with Crippen molar-refractivity contribution in [2.45, 2.75) is 64.1 Å². The second-order valence-electron chi connectivity index (χ2n) is 8.36. The third-order valence-corrected chi connectivity index (χ3v) is 6.23. The number of anilines is 3. The molecule has 0 radical (unpaired) electrons. The molecule has 0 amide bonds. The minimum absolute atomic E-state index is 0.0168. The van der Waals surface area contributed by atoms with Crippen molar-refractivity contribution in [3.05, 3.63) is 30.1 Å². The zero-order valence-corrected chi connectivity index (χ0v) is 18.8. The van der Waals surface area contributed by atoms with Gasteiger partial charge in [-0.05, 0) is 43.0 Å². The summed E-state index contributed by atoms with van der Waals surface area (Å²) in [5, 5.41) is 16.3. The highest BCUT2D eigenvalue weighted by atomic mass is 16.5. The summed E-state index contributed by atoms with van der Waals surface area (Å²) in [5.74, 6) is 1.88. The molecular formula is C23H33N7O2. The molecule has 1 aliphatic rings. The Bertz CT molecular complexity index is 1040. The number of nitrogens with zero attached hydrogens (tertiary/aromatic N) is 4. The van der Waals surface area contributed by atoms with Gasteiger partial charge in [-0.3, -0.25) is 0 Å². The highest BCUT2D eigenvalue weighted by Gasteiger charge is 2.21. The lowest BCUT2D eigenvalue weighted by Crippen LogP contribution is -2.24. The number of hydrogen-bond donors (Lipinski definition) is 4. The number of aliphatic hydroxyl groups excluding tert-OH is 1. The van der Waals surface area contributed by atoms with Crippen LogP contribution in [0.25, 0.3) is 11.2 Å². The molecule has 0 saturated heterocycles. The van der Waals surface area contributed by atoms with Crippen LogP contribution in [0.4, 0.5) is 17.5 Å². The van der Waals surface area contributed by atoms with Crippen LogP contribution in [0.1, 0.15) is 57.1 Å². The van der Waals surface area contributed by atoms with Gasteiger partial charge in [-0.15, -0.1) is 0 Å². The monoisotopic (exact) mass is 439 g/mol. The average molecular weight is 440 g/mol. The average Bonchev–Trinajstić information content (AvgIpc) is 3.26. The molecule has 1 fully saturated rings. The van der Waals surface area contributed by atoms with E-state index in [1.54, 1.807) is 7.11 Å². The largest absolute Gasteiger partial charge is 0.497 e. The molecule has 1 atom stereocenters. The molecule has 1 aliphatic carbocycles. The second-order valence-corrected chi connectivity index (χ2v) is 8.36. The lowest BCUT2D eigenvalue weighted by molar-refractivity contribution is 0.271. The van der Waals surface area contributed by atoms with Crippen molar-refractivity contribution in [3.63, 3.8) is 0 Å². The maximum Gasteiger partial charge on any atom is 0.227 e. The Morgan fingerprint density at radius 3 is 2.78 bits per heavy atom. The van der Waals surface area contributed by atoms with Crippen molar-refractivity contribution in [3.8, 4) is 5.75 Å². The minimum atomic E-state index is -0.111. The van der Waals surface area contributed by atoms with E-state index in [-0.39, 0.29) is 12.6 Å². The van der Waals surface area contributed by atoms with Crippen LogP contribution in [0.15, 0.2) is 24.5 Å². The molecule has 1 aromatic carbocycles. The predicted molar refractivity (Wildman–Crippen MR) is 127 cm³/mol. The fourth-order valence-corrected chi connectivity index (χ4v) is 4.23. The zero-order chi connectivity index (χ0) is 22.5. The van der Waals surface area contributed by atoms with E-state index in [1.807, 2.05) is 31.5 Å². The number of rotatable bonds is 9. The highest BCUT2D eigenvalue weighted by Crippen LogP contribution is 2.32. The number of imidazole rings is 1. The number of nitrogen functional groups attached to an aromatic ring is 1. The topological polar surface area (TPSA) is 123 Å². The fourth-order valence-electron chi connectivity index (χ4n) is 4.23. The van der Waals surface area contributed by atoms with Crippen LogP contribution in [0, 0.1) is 0 Å². The summed E-state index contributed by atoms with van der Waals surface area (Å²) >= 11 is 0. The molecule has 2 aromatic heterocycles. The Labute approximate surface area is 188 Å². The number of fused-ring (bicyclic) bond motifs is 1. The van der Waals surface area contributed by atoms with E-state index in [1.165, 1.54) is 19.3 Å². The quantitative estimate of drug-likeness (QED) is 0.372. The summed E-state index contributed by atoms with van der Waals surface area (Å²) in [6.45, 7) is 2.51. The summed E-state index contributed by atoms with van der Waals surface area (Å²) < 4.78 is 7.52. The first-order chi connectivity index (χ1) is 15.6. The molecule has 1 saturated carbocycles. The Morgan fingerprint density at radius 2 is 2.06 bits per heavy atom. The van der Waals surface area contributed by atoms with Gasteiger partial charge in [0.15, 0.2) is 17.0 Å². The number of aromatic nitrogens is 4. The fraction of sp³-hybridized carbons (Fsp3) is 0.522. The first-order valence-electron chi connectivity index (χ1n) is 11.4. The maximum atomic E-state index is 9.64. The summed E-state index contributed by atoms with van der Waals surface area (Å²) in [7, 11) is 1.64. The molecule has 1 unspecified atom stereocenters. The predicted octanol–water partition coefficient (Wildman–Crippen LogP) is 3.72. The number of hydrogen-bond acceptors (Lipinski definition) is 8. The third-order valence-electron chi connectivity index (χ3n) is 6.23. The summed E-state index contributed by atoms with van der Waals surface area (Å²) in [4.78, 5) is 14.1. The minimum Gasteiger partial charge on any atom is -0.497 e. The molecule has 5 N–H and O–H groups in total. The van der Waals surface area contributed by atoms with E-state index in [4.69, 9.17) is 20.4 Å².